The zero-order chi connectivity index (χ0) is 13.7. The molecule has 0 spiro atoms. The van der Waals surface area contributed by atoms with Gasteiger partial charge in [0.25, 0.3) is 0 Å². The van der Waals surface area contributed by atoms with Crippen LogP contribution in [0.3, 0.4) is 0 Å². The van der Waals surface area contributed by atoms with Crippen molar-refractivity contribution in [2.45, 2.75) is 40.2 Å². The van der Waals surface area contributed by atoms with Crippen molar-refractivity contribution in [2.75, 3.05) is 13.2 Å². The second-order valence-electron chi connectivity index (χ2n) is 4.62. The minimum Gasteiger partial charge on any atom is -0.490 e. The van der Waals surface area contributed by atoms with E-state index in [1.807, 2.05) is 12.1 Å². The minimum absolute atomic E-state index is 0.726. The van der Waals surface area contributed by atoms with E-state index in [1.54, 1.807) is 0 Å². The van der Waals surface area contributed by atoms with E-state index in [9.17, 15) is 0 Å². The van der Waals surface area contributed by atoms with Crippen molar-refractivity contribution in [1.29, 1.82) is 0 Å². The van der Waals surface area contributed by atoms with Gasteiger partial charge in [0, 0.05) is 10.9 Å². The lowest BCUT2D eigenvalue weighted by Crippen LogP contribution is -2.12. The van der Waals surface area contributed by atoms with Crippen molar-refractivity contribution in [3.8, 4) is 5.75 Å². The molecular weight excluding hydrogens is 238 g/mol. The first-order valence-electron chi connectivity index (χ1n) is 7.18. The second-order valence-corrected chi connectivity index (χ2v) is 4.62. The molecule has 104 valence electrons. The molecule has 0 fully saturated rings. The Kier molecular flexibility index (Phi) is 4.86. The van der Waals surface area contributed by atoms with Crippen molar-refractivity contribution in [1.82, 2.24) is 5.32 Å². The molecule has 1 aromatic heterocycles. The van der Waals surface area contributed by atoms with Gasteiger partial charge in [0.1, 0.15) is 5.76 Å². The summed E-state index contributed by atoms with van der Waals surface area (Å²) in [5.74, 6) is 1.89. The smallest absolute Gasteiger partial charge is 0.176 e. The van der Waals surface area contributed by atoms with Gasteiger partial charge in [-0.25, -0.2) is 0 Å². The molecule has 3 nitrogen and oxygen atoms in total. The number of hydrogen-bond acceptors (Lipinski definition) is 3. The molecule has 2 aromatic rings. The predicted octanol–water partition coefficient (Wildman–Crippen LogP) is 3.89. The number of benzene rings is 1. The van der Waals surface area contributed by atoms with Crippen molar-refractivity contribution in [2.24, 2.45) is 0 Å². The molecule has 0 aliphatic rings. The summed E-state index contributed by atoms with van der Waals surface area (Å²) in [4.78, 5) is 0. The normalized spacial score (nSPS) is 11.1. The summed E-state index contributed by atoms with van der Waals surface area (Å²) in [6.45, 7) is 8.82. The first-order valence-corrected chi connectivity index (χ1v) is 7.18. The van der Waals surface area contributed by atoms with Gasteiger partial charge >= 0.3 is 0 Å². The maximum atomic E-state index is 6.03. The number of para-hydroxylation sites is 1. The van der Waals surface area contributed by atoms with Crippen LogP contribution in [0.5, 0.6) is 5.75 Å². The van der Waals surface area contributed by atoms with Crippen LogP contribution < -0.4 is 10.1 Å². The number of aryl methyl sites for hydroxylation is 1. The summed E-state index contributed by atoms with van der Waals surface area (Å²) in [5.41, 5.74) is 2.18. The highest BCUT2D eigenvalue weighted by atomic mass is 16.5. The Balaban J connectivity index is 2.42. The monoisotopic (exact) mass is 261 g/mol. The molecule has 0 saturated carbocycles. The van der Waals surface area contributed by atoms with E-state index < -0.39 is 0 Å². The van der Waals surface area contributed by atoms with E-state index >= 15 is 0 Å². The molecule has 0 bridgehead atoms. The maximum Gasteiger partial charge on any atom is 0.176 e. The van der Waals surface area contributed by atoms with Crippen molar-refractivity contribution >= 4 is 11.0 Å². The minimum atomic E-state index is 0.726. The van der Waals surface area contributed by atoms with Crippen LogP contribution >= 0.6 is 0 Å². The highest BCUT2D eigenvalue weighted by Gasteiger charge is 2.15. The van der Waals surface area contributed by atoms with E-state index in [1.165, 1.54) is 10.9 Å². The quantitative estimate of drug-likeness (QED) is 0.821. The fraction of sp³-hybridized carbons (Fsp3) is 0.500. The highest BCUT2D eigenvalue weighted by molar-refractivity contribution is 5.87. The summed E-state index contributed by atoms with van der Waals surface area (Å²) >= 11 is 0. The number of furan rings is 1. The van der Waals surface area contributed by atoms with Crippen LogP contribution in [0.1, 0.15) is 38.5 Å². The van der Waals surface area contributed by atoms with Crippen LogP contribution in [0.15, 0.2) is 22.6 Å². The van der Waals surface area contributed by atoms with Crippen LogP contribution in [-0.2, 0) is 13.0 Å². The Morgan fingerprint density at radius 3 is 2.74 bits per heavy atom. The van der Waals surface area contributed by atoms with Crippen LogP contribution in [0, 0.1) is 0 Å². The van der Waals surface area contributed by atoms with Gasteiger partial charge in [-0.15, -0.1) is 0 Å². The third kappa shape index (κ3) is 2.92. The van der Waals surface area contributed by atoms with Gasteiger partial charge in [-0.1, -0.05) is 32.9 Å². The zero-order valence-electron chi connectivity index (χ0n) is 12.1. The Morgan fingerprint density at radius 1 is 1.21 bits per heavy atom. The molecule has 0 atom stereocenters. The Hall–Kier alpha value is -1.48. The molecule has 0 radical (unpaired) electrons. The fourth-order valence-electron chi connectivity index (χ4n) is 2.29. The Morgan fingerprint density at radius 2 is 2.05 bits per heavy atom. The molecule has 1 heterocycles. The summed E-state index contributed by atoms with van der Waals surface area (Å²) < 4.78 is 11.8. The summed E-state index contributed by atoms with van der Waals surface area (Å²) in [6, 6.07) is 6.14. The number of fused-ring (bicyclic) bond motifs is 1. The van der Waals surface area contributed by atoms with Crippen molar-refractivity contribution in [3.05, 3.63) is 29.5 Å². The largest absolute Gasteiger partial charge is 0.490 e. The highest BCUT2D eigenvalue weighted by Crippen LogP contribution is 2.33. The first kappa shape index (κ1) is 13.9. The van der Waals surface area contributed by atoms with Gasteiger partial charge in [0.2, 0.25) is 0 Å². The van der Waals surface area contributed by atoms with E-state index in [2.05, 4.69) is 32.2 Å². The summed E-state index contributed by atoms with van der Waals surface area (Å²) in [7, 11) is 0. The topological polar surface area (TPSA) is 34.4 Å². The number of nitrogens with one attached hydrogen (secondary N) is 1. The molecular formula is C16H23NO2. The second kappa shape index (κ2) is 6.62. The summed E-state index contributed by atoms with van der Waals surface area (Å²) in [6.07, 6.45) is 1.98. The van der Waals surface area contributed by atoms with Crippen LogP contribution in [0.2, 0.25) is 0 Å². The van der Waals surface area contributed by atoms with Crippen molar-refractivity contribution in [3.63, 3.8) is 0 Å². The number of hydrogen-bond donors (Lipinski definition) is 1. The third-order valence-electron chi connectivity index (χ3n) is 3.22. The predicted molar refractivity (Wildman–Crippen MR) is 78.8 cm³/mol. The number of rotatable bonds is 7. The summed E-state index contributed by atoms with van der Waals surface area (Å²) in [5, 5.41) is 4.51. The van der Waals surface area contributed by atoms with E-state index in [4.69, 9.17) is 9.15 Å². The van der Waals surface area contributed by atoms with Gasteiger partial charge in [-0.3, -0.25) is 0 Å². The average Bonchev–Trinajstić information content (AvgIpc) is 2.80. The van der Waals surface area contributed by atoms with E-state index in [-0.39, 0.29) is 0 Å². The van der Waals surface area contributed by atoms with Crippen LogP contribution in [0.4, 0.5) is 0 Å². The molecule has 1 aromatic carbocycles. The average molecular weight is 261 g/mol. The Labute approximate surface area is 114 Å². The molecule has 0 saturated heterocycles. The lowest BCUT2D eigenvalue weighted by molar-refractivity contribution is 0.315. The Bertz CT molecular complexity index is 531. The van der Waals surface area contributed by atoms with Gasteiger partial charge in [-0.05, 0) is 25.5 Å². The van der Waals surface area contributed by atoms with Gasteiger partial charge in [-0.2, -0.15) is 0 Å². The number of ether oxygens (including phenoxy) is 1. The van der Waals surface area contributed by atoms with Gasteiger partial charge < -0.3 is 14.5 Å². The molecule has 0 aliphatic heterocycles. The van der Waals surface area contributed by atoms with Crippen LogP contribution in [-0.4, -0.2) is 13.2 Å². The van der Waals surface area contributed by atoms with Gasteiger partial charge in [0.15, 0.2) is 11.3 Å². The van der Waals surface area contributed by atoms with Crippen LogP contribution in [0.25, 0.3) is 11.0 Å². The molecule has 1 N–H and O–H groups in total. The molecule has 3 heteroatoms. The van der Waals surface area contributed by atoms with Gasteiger partial charge in [0.05, 0.1) is 13.2 Å². The fourth-order valence-corrected chi connectivity index (χ4v) is 2.29. The third-order valence-corrected chi connectivity index (χ3v) is 3.22. The lowest BCUT2D eigenvalue weighted by atomic mass is 10.1. The molecule has 0 aliphatic carbocycles. The lowest BCUT2D eigenvalue weighted by Gasteiger charge is -2.04. The molecule has 19 heavy (non-hydrogen) atoms. The molecule has 0 amide bonds. The first-order chi connectivity index (χ1) is 9.31. The standard InChI is InChI=1S/C16H23NO2/c1-4-10-18-14-9-7-8-13-12(5-2)15(11-17-6-3)19-16(13)14/h7-9,17H,4-6,10-11H2,1-3H3. The zero-order valence-corrected chi connectivity index (χ0v) is 12.1. The van der Waals surface area contributed by atoms with E-state index in [0.717, 1.165) is 49.6 Å². The maximum absolute atomic E-state index is 6.03. The molecule has 0 unspecified atom stereocenters. The SMILES string of the molecule is CCCOc1cccc2c(CC)c(CNCC)oc12. The van der Waals surface area contributed by atoms with Crippen molar-refractivity contribution < 1.29 is 9.15 Å². The molecule has 2 rings (SSSR count). The van der Waals surface area contributed by atoms with E-state index in [0.29, 0.717) is 0 Å².